The highest BCUT2D eigenvalue weighted by Gasteiger charge is 2.38. The molecular weight excluding hydrogens is 374 g/mol. The summed E-state index contributed by atoms with van der Waals surface area (Å²) in [6.07, 6.45) is 4.91. The van der Waals surface area contributed by atoms with Crippen molar-refractivity contribution in [2.45, 2.75) is 31.7 Å². The molecule has 2 aliphatic heterocycles. The van der Waals surface area contributed by atoms with Gasteiger partial charge in [-0.05, 0) is 18.4 Å². The van der Waals surface area contributed by atoms with E-state index >= 15 is 0 Å². The number of thiophene rings is 1. The number of halogens is 2. The second-order valence-corrected chi connectivity index (χ2v) is 8.15. The van der Waals surface area contributed by atoms with Crippen LogP contribution in [0.1, 0.15) is 24.1 Å². The molecule has 0 unspecified atom stereocenters. The van der Waals surface area contributed by atoms with E-state index in [9.17, 15) is 13.6 Å². The van der Waals surface area contributed by atoms with Gasteiger partial charge in [0.15, 0.2) is 0 Å². The molecule has 5 heterocycles. The molecule has 0 amide bonds. The van der Waals surface area contributed by atoms with Gasteiger partial charge in [-0.15, -0.1) is 11.3 Å². The Bertz CT molecular complexity index is 1060. The molecule has 142 valence electrons. The van der Waals surface area contributed by atoms with Crippen LogP contribution in [-0.2, 0) is 13.0 Å². The Morgan fingerprint density at radius 1 is 1.41 bits per heavy atom. The third kappa shape index (κ3) is 2.85. The number of aromatic nitrogens is 3. The van der Waals surface area contributed by atoms with E-state index in [0.29, 0.717) is 30.1 Å². The van der Waals surface area contributed by atoms with Crippen molar-refractivity contribution in [3.8, 4) is 16.2 Å². The number of alkyl halides is 2. The van der Waals surface area contributed by atoms with Gasteiger partial charge in [-0.1, -0.05) is 0 Å². The molecule has 2 aliphatic rings. The van der Waals surface area contributed by atoms with E-state index in [1.807, 2.05) is 0 Å². The Balaban J connectivity index is 1.65. The summed E-state index contributed by atoms with van der Waals surface area (Å²) in [5.41, 5.74) is 2.42. The fourth-order valence-corrected chi connectivity index (χ4v) is 5.12. The monoisotopic (exact) mass is 392 g/mol. The summed E-state index contributed by atoms with van der Waals surface area (Å²) in [7, 11) is 0. The minimum Gasteiger partial charge on any atom is -0.491 e. The first-order valence-electron chi connectivity index (χ1n) is 8.94. The summed E-state index contributed by atoms with van der Waals surface area (Å²) >= 11 is 1.39. The average Bonchev–Trinajstić information content (AvgIpc) is 3.30. The van der Waals surface area contributed by atoms with Gasteiger partial charge in [-0.2, -0.15) is 5.10 Å². The van der Waals surface area contributed by atoms with Gasteiger partial charge in [-0.3, -0.25) is 14.8 Å². The number of ether oxygens (including phenoxy) is 1. The lowest BCUT2D eigenvalue weighted by Gasteiger charge is -2.18. The van der Waals surface area contributed by atoms with Crippen molar-refractivity contribution in [3.05, 3.63) is 34.0 Å². The second kappa shape index (κ2) is 6.13. The average molecular weight is 392 g/mol. The lowest BCUT2D eigenvalue weighted by atomic mass is 10.0. The van der Waals surface area contributed by atoms with E-state index in [1.165, 1.54) is 11.3 Å². The number of hydrogen-bond acceptors (Lipinski definition) is 5. The Morgan fingerprint density at radius 2 is 2.30 bits per heavy atom. The lowest BCUT2D eigenvalue weighted by molar-refractivity contribution is 0.0114. The predicted molar refractivity (Wildman–Crippen MR) is 98.7 cm³/mol. The van der Waals surface area contributed by atoms with Crippen molar-refractivity contribution >= 4 is 21.4 Å². The largest absolute Gasteiger partial charge is 0.491 e. The van der Waals surface area contributed by atoms with Gasteiger partial charge in [0.25, 0.3) is 11.5 Å². The maximum atomic E-state index is 13.6. The minimum absolute atomic E-state index is 0.133. The smallest absolute Gasteiger partial charge is 0.266 e. The zero-order valence-electron chi connectivity index (χ0n) is 14.5. The SMILES string of the molecule is O=c1[nH]c(CN2CCC(F)(F)C2)c2c3c(c(-c4cn[nH]c4)sc13)OCCC2. The molecule has 5 rings (SSSR count). The standard InChI is InChI=1S/C18H18F2N4O2S/c19-18(20)3-4-24(9-18)8-12-11-2-1-5-26-14-13(11)16(17(25)23-12)27-15(14)10-6-21-22-7-10/h6-7H,1-5,8-9H2,(H,21,22)(H,23,25). The first kappa shape index (κ1) is 16.9. The van der Waals surface area contributed by atoms with Gasteiger partial charge in [0.05, 0.1) is 24.2 Å². The first-order chi connectivity index (χ1) is 13.0. The van der Waals surface area contributed by atoms with Crippen LogP contribution in [-0.4, -0.2) is 45.7 Å². The van der Waals surface area contributed by atoms with Crippen molar-refractivity contribution < 1.29 is 13.5 Å². The maximum absolute atomic E-state index is 13.6. The van der Waals surface area contributed by atoms with Crippen LogP contribution in [0, 0.1) is 0 Å². The van der Waals surface area contributed by atoms with Crippen molar-refractivity contribution in [3.63, 3.8) is 0 Å². The van der Waals surface area contributed by atoms with Crippen molar-refractivity contribution in [1.82, 2.24) is 20.1 Å². The molecule has 27 heavy (non-hydrogen) atoms. The van der Waals surface area contributed by atoms with Crippen LogP contribution in [0.5, 0.6) is 5.75 Å². The number of nitrogens with zero attached hydrogens (tertiary/aromatic N) is 2. The number of nitrogens with one attached hydrogen (secondary N) is 2. The van der Waals surface area contributed by atoms with Crippen LogP contribution in [0.2, 0.25) is 0 Å². The van der Waals surface area contributed by atoms with E-state index in [0.717, 1.165) is 39.9 Å². The van der Waals surface area contributed by atoms with Crippen LogP contribution in [0.3, 0.4) is 0 Å². The van der Waals surface area contributed by atoms with E-state index in [4.69, 9.17) is 4.74 Å². The number of aromatic amines is 2. The molecule has 1 saturated heterocycles. The Kier molecular flexibility index (Phi) is 3.83. The summed E-state index contributed by atoms with van der Waals surface area (Å²) < 4.78 is 33.8. The summed E-state index contributed by atoms with van der Waals surface area (Å²) in [5.74, 6) is -1.94. The predicted octanol–water partition coefficient (Wildman–Crippen LogP) is 3.15. The molecule has 9 heteroatoms. The maximum Gasteiger partial charge on any atom is 0.266 e. The number of pyridine rings is 1. The second-order valence-electron chi connectivity index (χ2n) is 7.13. The molecule has 2 N–H and O–H groups in total. The Morgan fingerprint density at radius 3 is 3.04 bits per heavy atom. The fourth-order valence-electron chi connectivity index (χ4n) is 3.97. The van der Waals surface area contributed by atoms with E-state index in [1.54, 1.807) is 17.3 Å². The van der Waals surface area contributed by atoms with Crippen LogP contribution in [0.15, 0.2) is 17.2 Å². The number of aryl methyl sites for hydroxylation is 1. The van der Waals surface area contributed by atoms with Gasteiger partial charge in [0.1, 0.15) is 10.4 Å². The summed E-state index contributed by atoms with van der Waals surface area (Å²) in [5, 5.41) is 7.62. The molecular formula is C18H18F2N4O2S. The quantitative estimate of drug-likeness (QED) is 0.718. The van der Waals surface area contributed by atoms with Crippen LogP contribution in [0.25, 0.3) is 20.5 Å². The number of likely N-dealkylation sites (tertiary alicyclic amines) is 1. The van der Waals surface area contributed by atoms with Gasteiger partial charge < -0.3 is 9.72 Å². The molecule has 0 saturated carbocycles. The van der Waals surface area contributed by atoms with Crippen molar-refractivity contribution in [2.24, 2.45) is 0 Å². The minimum atomic E-state index is -2.65. The first-order valence-corrected chi connectivity index (χ1v) is 9.76. The summed E-state index contributed by atoms with van der Waals surface area (Å²) in [6.45, 7) is 0.951. The number of hydrogen-bond donors (Lipinski definition) is 2. The van der Waals surface area contributed by atoms with Crippen LogP contribution in [0.4, 0.5) is 8.78 Å². The zero-order valence-corrected chi connectivity index (χ0v) is 15.3. The highest BCUT2D eigenvalue weighted by Crippen LogP contribution is 2.46. The van der Waals surface area contributed by atoms with Gasteiger partial charge >= 0.3 is 0 Å². The molecule has 1 fully saturated rings. The topological polar surface area (TPSA) is 74.0 Å². The molecule has 0 aromatic carbocycles. The lowest BCUT2D eigenvalue weighted by Crippen LogP contribution is -2.27. The highest BCUT2D eigenvalue weighted by molar-refractivity contribution is 7.22. The van der Waals surface area contributed by atoms with E-state index < -0.39 is 5.92 Å². The van der Waals surface area contributed by atoms with Crippen LogP contribution >= 0.6 is 11.3 Å². The third-order valence-corrected chi connectivity index (χ3v) is 6.43. The molecule has 0 atom stereocenters. The Hall–Kier alpha value is -2.26. The normalized spacial score (nSPS) is 19.3. The molecule has 3 aromatic heterocycles. The van der Waals surface area contributed by atoms with Gasteiger partial charge in [0.2, 0.25) is 0 Å². The molecule has 0 spiro atoms. The molecule has 0 aliphatic carbocycles. The van der Waals surface area contributed by atoms with Crippen molar-refractivity contribution in [1.29, 1.82) is 0 Å². The highest BCUT2D eigenvalue weighted by atomic mass is 32.1. The molecule has 3 aromatic rings. The summed E-state index contributed by atoms with van der Waals surface area (Å²) in [4.78, 5) is 18.3. The van der Waals surface area contributed by atoms with E-state index in [-0.39, 0.29) is 18.5 Å². The third-order valence-electron chi connectivity index (χ3n) is 5.21. The van der Waals surface area contributed by atoms with Crippen LogP contribution < -0.4 is 10.3 Å². The summed E-state index contributed by atoms with van der Waals surface area (Å²) in [6, 6.07) is 0. The molecule has 0 radical (unpaired) electrons. The fraction of sp³-hybridized carbons (Fsp3) is 0.444. The Labute approximate surface area is 157 Å². The van der Waals surface area contributed by atoms with Gasteiger partial charge in [0, 0.05) is 42.4 Å². The van der Waals surface area contributed by atoms with E-state index in [2.05, 4.69) is 15.2 Å². The number of H-pyrrole nitrogens is 2. The van der Waals surface area contributed by atoms with Gasteiger partial charge in [-0.25, -0.2) is 8.78 Å². The van der Waals surface area contributed by atoms with Crippen molar-refractivity contribution in [2.75, 3.05) is 19.7 Å². The zero-order chi connectivity index (χ0) is 18.6. The molecule has 6 nitrogen and oxygen atoms in total. The molecule has 0 bridgehead atoms. The number of rotatable bonds is 3.